The van der Waals surface area contributed by atoms with Gasteiger partial charge in [0.25, 0.3) is 0 Å². The molecule has 0 aromatic heterocycles. The molecule has 0 aliphatic carbocycles. The lowest BCUT2D eigenvalue weighted by Crippen LogP contribution is -2.47. The highest BCUT2D eigenvalue weighted by Gasteiger charge is 2.33. The molecule has 1 amide bonds. The molecular weight excluding hydrogens is 193 g/mol. The minimum Gasteiger partial charge on any atom is -0.340 e. The fraction of sp³-hybridized carbons (Fsp3) is 0.917. The van der Waals surface area contributed by atoms with Crippen LogP contribution in [-0.2, 0) is 4.79 Å². The first kappa shape index (κ1) is 12.5. The van der Waals surface area contributed by atoms with E-state index in [0.717, 1.165) is 13.0 Å². The van der Waals surface area contributed by atoms with Gasteiger partial charge in [0.15, 0.2) is 0 Å². The van der Waals surface area contributed by atoms with Gasteiger partial charge in [0.2, 0.25) is 5.91 Å². The number of carbonyl (C=O) groups excluding carboxylic acids is 1. The molecule has 0 N–H and O–H groups in total. The van der Waals surface area contributed by atoms with Crippen molar-refractivity contribution in [3.8, 4) is 0 Å². The summed E-state index contributed by atoms with van der Waals surface area (Å²) in [6, 6.07) is 0. The summed E-state index contributed by atoms with van der Waals surface area (Å²) in [5.41, 5.74) is 0. The first-order valence-corrected chi connectivity index (χ1v) is 5.86. The third kappa shape index (κ3) is 2.93. The van der Waals surface area contributed by atoms with E-state index < -0.39 is 6.17 Å². The van der Waals surface area contributed by atoms with Crippen molar-refractivity contribution >= 4 is 5.91 Å². The van der Waals surface area contributed by atoms with Crippen molar-refractivity contribution in [3.05, 3.63) is 0 Å². The second-order valence-corrected chi connectivity index (χ2v) is 5.15. The summed E-state index contributed by atoms with van der Waals surface area (Å²) in [5, 5.41) is 0. The van der Waals surface area contributed by atoms with Crippen molar-refractivity contribution in [1.82, 2.24) is 4.90 Å². The molecule has 1 heterocycles. The van der Waals surface area contributed by atoms with Crippen LogP contribution in [-0.4, -0.2) is 30.1 Å². The standard InChI is InChI=1S/C12H22FNO/c1-8(2)10-5-6-14(7-11(10)13)12(15)9(3)4/h8-11H,5-7H2,1-4H3. The van der Waals surface area contributed by atoms with E-state index in [-0.39, 0.29) is 17.7 Å². The summed E-state index contributed by atoms with van der Waals surface area (Å²) < 4.78 is 13.8. The van der Waals surface area contributed by atoms with Gasteiger partial charge in [-0.05, 0) is 18.3 Å². The van der Waals surface area contributed by atoms with Gasteiger partial charge >= 0.3 is 0 Å². The fourth-order valence-electron chi connectivity index (χ4n) is 2.24. The van der Waals surface area contributed by atoms with E-state index in [9.17, 15) is 9.18 Å². The molecule has 0 bridgehead atoms. The van der Waals surface area contributed by atoms with E-state index in [1.165, 1.54) is 0 Å². The first-order chi connectivity index (χ1) is 6.93. The smallest absolute Gasteiger partial charge is 0.225 e. The Kier molecular flexibility index (Phi) is 4.12. The number of hydrogen-bond acceptors (Lipinski definition) is 1. The van der Waals surface area contributed by atoms with Crippen LogP contribution in [0.15, 0.2) is 0 Å². The molecule has 1 aliphatic rings. The molecule has 1 rings (SSSR count). The van der Waals surface area contributed by atoms with E-state index >= 15 is 0 Å². The Hall–Kier alpha value is -0.600. The lowest BCUT2D eigenvalue weighted by Gasteiger charge is -2.37. The zero-order valence-corrected chi connectivity index (χ0v) is 10.2. The van der Waals surface area contributed by atoms with E-state index in [2.05, 4.69) is 13.8 Å². The van der Waals surface area contributed by atoms with Gasteiger partial charge in [-0.25, -0.2) is 4.39 Å². The molecule has 15 heavy (non-hydrogen) atoms. The van der Waals surface area contributed by atoms with Crippen molar-refractivity contribution in [2.75, 3.05) is 13.1 Å². The van der Waals surface area contributed by atoms with Crippen LogP contribution in [0, 0.1) is 17.8 Å². The molecule has 0 aromatic carbocycles. The van der Waals surface area contributed by atoms with E-state index in [1.807, 2.05) is 13.8 Å². The third-order valence-electron chi connectivity index (χ3n) is 3.25. The minimum absolute atomic E-state index is 0.0206. The SMILES string of the molecule is CC(C)C(=O)N1CCC(C(C)C)C(F)C1. The third-order valence-corrected chi connectivity index (χ3v) is 3.25. The maximum absolute atomic E-state index is 13.8. The maximum Gasteiger partial charge on any atom is 0.225 e. The largest absolute Gasteiger partial charge is 0.340 e. The van der Waals surface area contributed by atoms with Crippen LogP contribution in [0.5, 0.6) is 0 Å². The Morgan fingerprint density at radius 1 is 1.33 bits per heavy atom. The Morgan fingerprint density at radius 2 is 1.93 bits per heavy atom. The monoisotopic (exact) mass is 215 g/mol. The van der Waals surface area contributed by atoms with Crippen LogP contribution in [0.3, 0.4) is 0 Å². The number of nitrogens with zero attached hydrogens (tertiary/aromatic N) is 1. The van der Waals surface area contributed by atoms with Gasteiger partial charge in [0, 0.05) is 12.5 Å². The predicted molar refractivity (Wildman–Crippen MR) is 59.3 cm³/mol. The highest BCUT2D eigenvalue weighted by atomic mass is 19.1. The Bertz CT molecular complexity index is 228. The lowest BCUT2D eigenvalue weighted by atomic mass is 9.85. The van der Waals surface area contributed by atoms with Gasteiger partial charge in [0.05, 0.1) is 6.54 Å². The van der Waals surface area contributed by atoms with Gasteiger partial charge in [-0.15, -0.1) is 0 Å². The summed E-state index contributed by atoms with van der Waals surface area (Å²) >= 11 is 0. The van der Waals surface area contributed by atoms with Gasteiger partial charge in [-0.1, -0.05) is 27.7 Å². The number of piperidine rings is 1. The predicted octanol–water partition coefficient (Wildman–Crippen LogP) is 2.49. The van der Waals surface area contributed by atoms with Crippen molar-refractivity contribution < 1.29 is 9.18 Å². The number of likely N-dealkylation sites (tertiary alicyclic amines) is 1. The molecule has 0 saturated carbocycles. The summed E-state index contributed by atoms with van der Waals surface area (Å²) in [4.78, 5) is 13.4. The number of carbonyl (C=O) groups is 1. The van der Waals surface area contributed by atoms with Crippen molar-refractivity contribution in [2.45, 2.75) is 40.3 Å². The number of amides is 1. The molecule has 1 fully saturated rings. The minimum atomic E-state index is -0.846. The van der Waals surface area contributed by atoms with Crippen LogP contribution in [0.1, 0.15) is 34.1 Å². The van der Waals surface area contributed by atoms with Crippen molar-refractivity contribution in [3.63, 3.8) is 0 Å². The second kappa shape index (κ2) is 4.95. The molecular formula is C12H22FNO. The van der Waals surface area contributed by atoms with E-state index in [4.69, 9.17) is 0 Å². The van der Waals surface area contributed by atoms with Crippen LogP contribution >= 0.6 is 0 Å². The van der Waals surface area contributed by atoms with Gasteiger partial charge in [-0.2, -0.15) is 0 Å². The average Bonchev–Trinajstić information content (AvgIpc) is 2.15. The van der Waals surface area contributed by atoms with Crippen LogP contribution < -0.4 is 0 Å². The molecule has 0 aromatic rings. The summed E-state index contributed by atoms with van der Waals surface area (Å²) in [6.07, 6.45) is -0.0430. The molecule has 88 valence electrons. The lowest BCUT2D eigenvalue weighted by molar-refractivity contribution is -0.137. The second-order valence-electron chi connectivity index (χ2n) is 5.15. The van der Waals surface area contributed by atoms with E-state index in [1.54, 1.807) is 4.90 Å². The molecule has 3 heteroatoms. The van der Waals surface area contributed by atoms with Gasteiger partial charge in [0.1, 0.15) is 6.17 Å². The molecule has 0 radical (unpaired) electrons. The van der Waals surface area contributed by atoms with Gasteiger partial charge in [-0.3, -0.25) is 4.79 Å². The highest BCUT2D eigenvalue weighted by Crippen LogP contribution is 2.27. The Labute approximate surface area is 91.8 Å². The van der Waals surface area contributed by atoms with Crippen LogP contribution in [0.4, 0.5) is 4.39 Å². The molecule has 0 spiro atoms. The van der Waals surface area contributed by atoms with Crippen molar-refractivity contribution in [2.24, 2.45) is 17.8 Å². The molecule has 2 unspecified atom stereocenters. The average molecular weight is 215 g/mol. The zero-order chi connectivity index (χ0) is 11.6. The summed E-state index contributed by atoms with van der Waals surface area (Å²) in [7, 11) is 0. The maximum atomic E-state index is 13.8. The fourth-order valence-corrected chi connectivity index (χ4v) is 2.24. The highest BCUT2D eigenvalue weighted by molar-refractivity contribution is 5.78. The molecule has 1 aliphatic heterocycles. The van der Waals surface area contributed by atoms with Crippen molar-refractivity contribution in [1.29, 1.82) is 0 Å². The summed E-state index contributed by atoms with van der Waals surface area (Å²) in [6.45, 7) is 8.85. The zero-order valence-electron chi connectivity index (χ0n) is 10.2. The number of hydrogen-bond donors (Lipinski definition) is 0. The van der Waals surface area contributed by atoms with E-state index in [0.29, 0.717) is 12.5 Å². The first-order valence-electron chi connectivity index (χ1n) is 5.86. The summed E-state index contributed by atoms with van der Waals surface area (Å²) in [5.74, 6) is 0.560. The molecule has 2 nitrogen and oxygen atoms in total. The quantitative estimate of drug-likeness (QED) is 0.693. The number of halogens is 1. The topological polar surface area (TPSA) is 20.3 Å². The van der Waals surface area contributed by atoms with Gasteiger partial charge < -0.3 is 4.90 Å². The Balaban J connectivity index is 2.54. The van der Waals surface area contributed by atoms with Crippen LogP contribution in [0.25, 0.3) is 0 Å². The number of rotatable bonds is 2. The number of alkyl halides is 1. The molecule has 2 atom stereocenters. The Morgan fingerprint density at radius 3 is 2.33 bits per heavy atom. The molecule has 1 saturated heterocycles. The van der Waals surface area contributed by atoms with Crippen LogP contribution in [0.2, 0.25) is 0 Å². The normalized spacial score (nSPS) is 27.5.